The molecule has 3 aliphatic heterocycles. The van der Waals surface area contributed by atoms with Crippen LogP contribution in [0.1, 0.15) is 67.4 Å². The van der Waals surface area contributed by atoms with Crippen LogP contribution in [-0.2, 0) is 19.5 Å². The van der Waals surface area contributed by atoms with Crippen LogP contribution in [0, 0.1) is 6.92 Å². The number of rotatable bonds is 6. The van der Waals surface area contributed by atoms with E-state index < -0.39 is 0 Å². The number of aliphatic hydroxyl groups excluding tert-OH is 1. The molecular formula is C34H34N6O4. The molecule has 2 aromatic carbocycles. The van der Waals surface area contributed by atoms with Gasteiger partial charge in [0.2, 0.25) is 0 Å². The highest BCUT2D eigenvalue weighted by atomic mass is 16.3. The molecule has 10 heteroatoms. The quantitative estimate of drug-likeness (QED) is 0.344. The molecule has 1 atom stereocenters. The van der Waals surface area contributed by atoms with Gasteiger partial charge in [-0.1, -0.05) is 30.3 Å². The van der Waals surface area contributed by atoms with Gasteiger partial charge in [0.1, 0.15) is 11.4 Å². The number of amides is 2. The van der Waals surface area contributed by atoms with Gasteiger partial charge in [-0.05, 0) is 72.2 Å². The van der Waals surface area contributed by atoms with E-state index in [-0.39, 0.29) is 23.7 Å². The zero-order chi connectivity index (χ0) is 30.4. The number of likely N-dealkylation sites (tertiary alicyclic amines) is 1. The van der Waals surface area contributed by atoms with Crippen molar-refractivity contribution in [2.24, 2.45) is 0 Å². The van der Waals surface area contributed by atoms with Gasteiger partial charge in [-0.2, -0.15) is 5.10 Å². The number of anilines is 2. The number of benzene rings is 2. The van der Waals surface area contributed by atoms with Gasteiger partial charge in [-0.25, -0.2) is 0 Å². The second-order valence-electron chi connectivity index (χ2n) is 11.8. The average Bonchev–Trinajstić information content (AvgIpc) is 3.77. The molecule has 10 nitrogen and oxygen atoms in total. The van der Waals surface area contributed by atoms with E-state index in [0.717, 1.165) is 52.9 Å². The molecule has 0 aliphatic carbocycles. The van der Waals surface area contributed by atoms with Crippen LogP contribution < -0.4 is 10.2 Å². The number of aromatic nitrogens is 3. The maximum Gasteiger partial charge on any atom is 0.278 e. The van der Waals surface area contributed by atoms with Gasteiger partial charge in [-0.15, -0.1) is 0 Å². The summed E-state index contributed by atoms with van der Waals surface area (Å²) >= 11 is 0. The van der Waals surface area contributed by atoms with Crippen LogP contribution in [0.2, 0.25) is 0 Å². The SMILES string of the molecule is Cc1c(NC(=O)c2ccc(CN3CC[C@@H](O)C3)cn2)cccc1-c1cccc2c1CCN2C(=O)c1cc2n(n1)CCCC2=O. The highest BCUT2D eigenvalue weighted by Gasteiger charge is 2.31. The van der Waals surface area contributed by atoms with Crippen molar-refractivity contribution in [2.75, 3.05) is 29.9 Å². The zero-order valence-electron chi connectivity index (χ0n) is 24.6. The Bertz CT molecular complexity index is 1780. The van der Waals surface area contributed by atoms with E-state index in [1.165, 1.54) is 0 Å². The molecule has 0 spiro atoms. The fourth-order valence-electron chi connectivity index (χ4n) is 6.59. The summed E-state index contributed by atoms with van der Waals surface area (Å²) in [5.41, 5.74) is 7.65. The number of carbonyl (C=O) groups is 3. The largest absolute Gasteiger partial charge is 0.392 e. The highest BCUT2D eigenvalue weighted by Crippen LogP contribution is 2.39. The van der Waals surface area contributed by atoms with E-state index in [2.05, 4.69) is 20.3 Å². The maximum atomic E-state index is 13.6. The Hall–Kier alpha value is -4.67. The third-order valence-electron chi connectivity index (χ3n) is 8.91. The third-order valence-corrected chi connectivity index (χ3v) is 8.91. The van der Waals surface area contributed by atoms with Crippen molar-refractivity contribution >= 4 is 29.0 Å². The van der Waals surface area contributed by atoms with Crippen LogP contribution in [0.5, 0.6) is 0 Å². The lowest BCUT2D eigenvalue weighted by molar-refractivity contribution is 0.0948. The van der Waals surface area contributed by atoms with Crippen molar-refractivity contribution < 1.29 is 19.5 Å². The number of fused-ring (bicyclic) bond motifs is 2. The van der Waals surface area contributed by atoms with Crippen molar-refractivity contribution in [3.63, 3.8) is 0 Å². The fourth-order valence-corrected chi connectivity index (χ4v) is 6.59. The average molecular weight is 591 g/mol. The molecule has 4 aromatic rings. The van der Waals surface area contributed by atoms with Gasteiger partial charge in [-0.3, -0.25) is 28.9 Å². The van der Waals surface area contributed by atoms with Crippen LogP contribution in [0.4, 0.5) is 11.4 Å². The van der Waals surface area contributed by atoms with Gasteiger partial charge in [0.15, 0.2) is 11.5 Å². The minimum atomic E-state index is -0.287. The number of pyridine rings is 1. The van der Waals surface area contributed by atoms with Crippen molar-refractivity contribution in [1.82, 2.24) is 19.7 Å². The summed E-state index contributed by atoms with van der Waals surface area (Å²) < 4.78 is 1.65. The summed E-state index contributed by atoms with van der Waals surface area (Å²) in [6.07, 6.45) is 4.15. The van der Waals surface area contributed by atoms with E-state index in [1.54, 1.807) is 27.9 Å². The second kappa shape index (κ2) is 11.4. The monoisotopic (exact) mass is 590 g/mol. The van der Waals surface area contributed by atoms with E-state index >= 15 is 0 Å². The molecule has 1 fully saturated rings. The highest BCUT2D eigenvalue weighted by molar-refractivity contribution is 6.08. The van der Waals surface area contributed by atoms with Crippen LogP contribution in [0.25, 0.3) is 11.1 Å². The number of hydrogen-bond acceptors (Lipinski definition) is 7. The summed E-state index contributed by atoms with van der Waals surface area (Å²) in [6.45, 7) is 5.36. The Morgan fingerprint density at radius 1 is 1.00 bits per heavy atom. The number of β-amino-alcohol motifs (C(OH)–C–C–N with tert-alkyl or cyclic N) is 1. The summed E-state index contributed by atoms with van der Waals surface area (Å²) in [7, 11) is 0. The summed E-state index contributed by atoms with van der Waals surface area (Å²) in [5, 5.41) is 17.3. The van der Waals surface area contributed by atoms with Gasteiger partial charge < -0.3 is 15.3 Å². The smallest absolute Gasteiger partial charge is 0.278 e. The van der Waals surface area contributed by atoms with E-state index in [9.17, 15) is 19.5 Å². The van der Waals surface area contributed by atoms with Gasteiger partial charge in [0, 0.05) is 62.8 Å². The zero-order valence-corrected chi connectivity index (χ0v) is 24.6. The Morgan fingerprint density at radius 3 is 2.61 bits per heavy atom. The molecule has 0 unspecified atom stereocenters. The Balaban J connectivity index is 1.09. The van der Waals surface area contributed by atoms with E-state index in [1.807, 2.05) is 49.4 Å². The van der Waals surface area contributed by atoms with Crippen molar-refractivity contribution in [3.8, 4) is 11.1 Å². The van der Waals surface area contributed by atoms with Crippen molar-refractivity contribution in [2.45, 2.75) is 51.8 Å². The molecule has 1 saturated heterocycles. The molecule has 0 saturated carbocycles. The number of nitrogens with zero attached hydrogens (tertiary/aromatic N) is 5. The molecule has 7 rings (SSSR count). The second-order valence-corrected chi connectivity index (χ2v) is 11.8. The number of nitrogens with one attached hydrogen (secondary N) is 1. The molecule has 5 heterocycles. The lowest BCUT2D eigenvalue weighted by atomic mass is 9.93. The first kappa shape index (κ1) is 28.1. The minimum absolute atomic E-state index is 0.0289. The number of aliphatic hydroxyl groups is 1. The normalized spacial score (nSPS) is 17.9. The van der Waals surface area contributed by atoms with Crippen molar-refractivity contribution in [3.05, 3.63) is 94.6 Å². The number of aryl methyl sites for hydroxylation is 1. The maximum absolute atomic E-state index is 13.6. The lowest BCUT2D eigenvalue weighted by Crippen LogP contribution is -2.29. The van der Waals surface area contributed by atoms with E-state index in [4.69, 9.17) is 0 Å². The molecule has 0 radical (unpaired) electrons. The first-order valence-corrected chi connectivity index (χ1v) is 15.2. The topological polar surface area (TPSA) is 121 Å². The number of ketones is 1. The van der Waals surface area contributed by atoms with Crippen LogP contribution in [0.15, 0.2) is 60.8 Å². The number of Topliss-reactive ketones (excluding diaryl/α,β-unsaturated/α-hetero) is 1. The molecule has 3 aliphatic rings. The molecule has 0 bridgehead atoms. The van der Waals surface area contributed by atoms with E-state index in [0.29, 0.717) is 61.8 Å². The summed E-state index contributed by atoms with van der Waals surface area (Å²) in [4.78, 5) is 47.3. The molecule has 2 N–H and O–H groups in total. The molecule has 2 aromatic heterocycles. The first-order chi connectivity index (χ1) is 21.4. The Kier molecular flexibility index (Phi) is 7.31. The minimum Gasteiger partial charge on any atom is -0.392 e. The Labute approximate surface area is 255 Å². The number of carbonyl (C=O) groups excluding carboxylic acids is 3. The molecule has 224 valence electrons. The number of hydrogen-bond donors (Lipinski definition) is 2. The first-order valence-electron chi connectivity index (χ1n) is 15.2. The predicted octanol–water partition coefficient (Wildman–Crippen LogP) is 4.25. The fraction of sp³-hybridized carbons (Fsp3) is 0.324. The lowest BCUT2D eigenvalue weighted by Gasteiger charge is -2.18. The standard InChI is InChI=1S/C34H34N6O4/c1-21-24(5-2-7-27(21)36-33(43)28-11-10-22(18-35-28)19-38-15-12-23(41)20-38)25-6-3-8-30-26(25)13-16-39(30)34(44)29-17-31-32(42)9-4-14-40(31)37-29/h2-3,5-8,10-11,17-18,23,41H,4,9,12-16,19-20H2,1H3,(H,36,43)/t23-/m1/s1. The summed E-state index contributed by atoms with van der Waals surface area (Å²) in [6, 6.07) is 17.0. The van der Waals surface area contributed by atoms with Crippen LogP contribution in [-0.4, -0.2) is 68.1 Å². The van der Waals surface area contributed by atoms with Crippen molar-refractivity contribution in [1.29, 1.82) is 0 Å². The predicted molar refractivity (Wildman–Crippen MR) is 166 cm³/mol. The van der Waals surface area contributed by atoms with Gasteiger partial charge in [0.25, 0.3) is 11.8 Å². The molecule has 2 amide bonds. The third kappa shape index (κ3) is 5.20. The van der Waals surface area contributed by atoms with Crippen LogP contribution in [0.3, 0.4) is 0 Å². The van der Waals surface area contributed by atoms with Gasteiger partial charge in [0.05, 0.1) is 6.10 Å². The van der Waals surface area contributed by atoms with Gasteiger partial charge >= 0.3 is 0 Å². The van der Waals surface area contributed by atoms with Crippen LogP contribution >= 0.6 is 0 Å². The molecule has 44 heavy (non-hydrogen) atoms. The summed E-state index contributed by atoms with van der Waals surface area (Å²) in [5.74, 6) is -0.462. The Morgan fingerprint density at radius 2 is 1.84 bits per heavy atom. The molecular weight excluding hydrogens is 556 g/mol.